The van der Waals surface area contributed by atoms with Crippen molar-refractivity contribution in [3.05, 3.63) is 72.1 Å². The van der Waals surface area contributed by atoms with Crippen LogP contribution in [0.4, 0.5) is 13.2 Å². The van der Waals surface area contributed by atoms with E-state index in [1.54, 1.807) is 0 Å². The summed E-state index contributed by atoms with van der Waals surface area (Å²) in [5.41, 5.74) is 0.322. The lowest BCUT2D eigenvalue weighted by Crippen LogP contribution is -2.11. The largest absolute Gasteiger partial charge is 0.486 e. The van der Waals surface area contributed by atoms with Gasteiger partial charge in [0.1, 0.15) is 18.2 Å². The maximum Gasteiger partial charge on any atom is 0.416 e. The Balaban J connectivity index is 1.67. The Labute approximate surface area is 166 Å². The van der Waals surface area contributed by atoms with E-state index in [2.05, 4.69) is 18.8 Å². The number of fused-ring (bicyclic) bond motifs is 2. The fraction of sp³-hybridized carbons (Fsp3) is 0.261. The number of hydrogen-bond acceptors (Lipinski definition) is 2. The highest BCUT2D eigenvalue weighted by molar-refractivity contribution is 5.83. The van der Waals surface area contributed by atoms with Crippen LogP contribution in [0, 0.1) is 5.92 Å². The second kappa shape index (κ2) is 7.43. The van der Waals surface area contributed by atoms with Crippen LogP contribution in [0.25, 0.3) is 21.8 Å². The lowest BCUT2D eigenvalue weighted by molar-refractivity contribution is -0.137. The van der Waals surface area contributed by atoms with Crippen molar-refractivity contribution in [2.24, 2.45) is 5.92 Å². The van der Waals surface area contributed by atoms with Crippen LogP contribution in [0.15, 0.2) is 60.7 Å². The molecule has 0 aliphatic rings. The molecule has 1 heterocycles. The first kappa shape index (κ1) is 19.3. The Morgan fingerprint density at radius 1 is 0.966 bits per heavy atom. The van der Waals surface area contributed by atoms with Gasteiger partial charge in [0.15, 0.2) is 0 Å². The van der Waals surface area contributed by atoms with E-state index in [0.717, 1.165) is 22.9 Å². The predicted molar refractivity (Wildman–Crippen MR) is 108 cm³/mol. The Bertz CT molecular complexity index is 1160. The SMILES string of the molecule is CC(C)Cn1c(COc2ccc3ccccc3c2)nc2cc(C(F)(F)F)ccc21. The van der Waals surface area contributed by atoms with Gasteiger partial charge in [0.25, 0.3) is 0 Å². The standard InChI is InChI=1S/C23H21F3N2O/c1-15(2)13-28-21-10-8-18(23(24,25)26)12-20(21)27-22(28)14-29-19-9-7-16-5-3-4-6-17(16)11-19/h3-12,15H,13-14H2,1-2H3. The summed E-state index contributed by atoms with van der Waals surface area (Å²) < 4.78 is 47.1. The van der Waals surface area contributed by atoms with E-state index in [1.165, 1.54) is 6.07 Å². The zero-order valence-corrected chi connectivity index (χ0v) is 16.2. The summed E-state index contributed by atoms with van der Waals surface area (Å²) in [5.74, 6) is 1.62. The van der Waals surface area contributed by atoms with Crippen molar-refractivity contribution < 1.29 is 17.9 Å². The summed E-state index contributed by atoms with van der Waals surface area (Å²) in [6.07, 6.45) is -4.39. The number of imidazole rings is 1. The molecule has 0 atom stereocenters. The first-order valence-corrected chi connectivity index (χ1v) is 9.49. The molecular weight excluding hydrogens is 377 g/mol. The fourth-order valence-electron chi connectivity index (χ4n) is 3.44. The number of benzene rings is 3. The number of rotatable bonds is 5. The molecule has 0 fully saturated rings. The van der Waals surface area contributed by atoms with Gasteiger partial charge in [0.05, 0.1) is 16.6 Å². The molecule has 0 N–H and O–H groups in total. The average Bonchev–Trinajstić information content (AvgIpc) is 3.01. The third-order valence-electron chi connectivity index (χ3n) is 4.79. The molecule has 4 rings (SSSR count). The van der Waals surface area contributed by atoms with E-state index in [9.17, 15) is 13.2 Å². The number of hydrogen-bond donors (Lipinski definition) is 0. The van der Waals surface area contributed by atoms with E-state index in [1.807, 2.05) is 47.0 Å². The minimum Gasteiger partial charge on any atom is -0.486 e. The molecule has 0 amide bonds. The van der Waals surface area contributed by atoms with Crippen LogP contribution in [0.5, 0.6) is 5.75 Å². The van der Waals surface area contributed by atoms with Gasteiger partial charge in [0.2, 0.25) is 0 Å². The summed E-state index contributed by atoms with van der Waals surface area (Å²) in [7, 11) is 0. The van der Waals surface area contributed by atoms with Crippen LogP contribution in [0.3, 0.4) is 0 Å². The van der Waals surface area contributed by atoms with Gasteiger partial charge in [0, 0.05) is 6.54 Å². The van der Waals surface area contributed by atoms with Crippen molar-refractivity contribution in [2.75, 3.05) is 0 Å². The Hall–Kier alpha value is -3.02. The van der Waals surface area contributed by atoms with Gasteiger partial charge in [-0.15, -0.1) is 0 Å². The molecule has 29 heavy (non-hydrogen) atoms. The molecule has 6 heteroatoms. The summed E-state index contributed by atoms with van der Waals surface area (Å²) >= 11 is 0. The minimum absolute atomic E-state index is 0.182. The normalized spacial score (nSPS) is 12.2. The highest BCUT2D eigenvalue weighted by Crippen LogP contribution is 2.32. The van der Waals surface area contributed by atoms with Crippen molar-refractivity contribution in [3.63, 3.8) is 0 Å². The molecule has 0 unspecified atom stereocenters. The predicted octanol–water partition coefficient (Wildman–Crippen LogP) is 6.44. The average molecular weight is 398 g/mol. The monoisotopic (exact) mass is 398 g/mol. The molecule has 0 bridgehead atoms. The highest BCUT2D eigenvalue weighted by atomic mass is 19.4. The van der Waals surface area contributed by atoms with Crippen LogP contribution in [-0.2, 0) is 19.3 Å². The summed E-state index contributed by atoms with van der Waals surface area (Å²) in [6.45, 7) is 4.95. The van der Waals surface area contributed by atoms with E-state index in [0.29, 0.717) is 35.1 Å². The Kier molecular flexibility index (Phi) is 4.94. The fourth-order valence-corrected chi connectivity index (χ4v) is 3.44. The van der Waals surface area contributed by atoms with Crippen LogP contribution in [0.1, 0.15) is 25.2 Å². The number of halogens is 3. The molecule has 0 aliphatic heterocycles. The molecule has 0 aliphatic carbocycles. The van der Waals surface area contributed by atoms with Crippen molar-refractivity contribution >= 4 is 21.8 Å². The smallest absolute Gasteiger partial charge is 0.416 e. The topological polar surface area (TPSA) is 27.1 Å². The van der Waals surface area contributed by atoms with Crippen molar-refractivity contribution in [3.8, 4) is 5.75 Å². The molecule has 0 saturated carbocycles. The van der Waals surface area contributed by atoms with Gasteiger partial charge in [-0.25, -0.2) is 4.98 Å². The third-order valence-corrected chi connectivity index (χ3v) is 4.79. The van der Waals surface area contributed by atoms with Gasteiger partial charge in [-0.2, -0.15) is 13.2 Å². The van der Waals surface area contributed by atoms with Gasteiger partial charge < -0.3 is 9.30 Å². The highest BCUT2D eigenvalue weighted by Gasteiger charge is 2.31. The Morgan fingerprint density at radius 3 is 2.45 bits per heavy atom. The lowest BCUT2D eigenvalue weighted by atomic mass is 10.1. The van der Waals surface area contributed by atoms with Crippen LogP contribution in [-0.4, -0.2) is 9.55 Å². The molecule has 3 aromatic carbocycles. The van der Waals surface area contributed by atoms with Crippen molar-refractivity contribution in [1.29, 1.82) is 0 Å². The minimum atomic E-state index is -4.39. The zero-order chi connectivity index (χ0) is 20.6. The van der Waals surface area contributed by atoms with E-state index in [4.69, 9.17) is 4.74 Å². The third kappa shape index (κ3) is 4.06. The number of alkyl halides is 3. The first-order valence-electron chi connectivity index (χ1n) is 9.49. The second-order valence-electron chi connectivity index (χ2n) is 7.53. The maximum atomic E-state index is 13.1. The molecule has 4 aromatic rings. The Morgan fingerprint density at radius 2 is 1.72 bits per heavy atom. The summed E-state index contributed by atoms with van der Waals surface area (Å²) in [4.78, 5) is 4.46. The number of aromatic nitrogens is 2. The van der Waals surface area contributed by atoms with E-state index in [-0.39, 0.29) is 6.61 Å². The summed E-state index contributed by atoms with van der Waals surface area (Å²) in [6, 6.07) is 17.5. The number of ether oxygens (including phenoxy) is 1. The van der Waals surface area contributed by atoms with Gasteiger partial charge >= 0.3 is 6.18 Å². The summed E-state index contributed by atoms with van der Waals surface area (Å²) in [5, 5.41) is 2.18. The van der Waals surface area contributed by atoms with Crippen LogP contribution in [0.2, 0.25) is 0 Å². The molecule has 1 aromatic heterocycles. The molecule has 150 valence electrons. The molecule has 0 saturated heterocycles. The van der Waals surface area contributed by atoms with Crippen LogP contribution < -0.4 is 4.74 Å². The second-order valence-corrected chi connectivity index (χ2v) is 7.53. The quantitative estimate of drug-likeness (QED) is 0.387. The first-order chi connectivity index (χ1) is 13.8. The van der Waals surface area contributed by atoms with Crippen LogP contribution >= 0.6 is 0 Å². The molecule has 0 spiro atoms. The van der Waals surface area contributed by atoms with E-state index < -0.39 is 11.7 Å². The van der Waals surface area contributed by atoms with Gasteiger partial charge in [-0.05, 0) is 47.0 Å². The zero-order valence-electron chi connectivity index (χ0n) is 16.2. The van der Waals surface area contributed by atoms with Gasteiger partial charge in [-0.1, -0.05) is 44.2 Å². The van der Waals surface area contributed by atoms with E-state index >= 15 is 0 Å². The lowest BCUT2D eigenvalue weighted by Gasteiger charge is -2.13. The van der Waals surface area contributed by atoms with Crippen molar-refractivity contribution in [1.82, 2.24) is 9.55 Å². The molecule has 3 nitrogen and oxygen atoms in total. The molecular formula is C23H21F3N2O. The number of nitrogens with zero attached hydrogens (tertiary/aromatic N) is 2. The van der Waals surface area contributed by atoms with Gasteiger partial charge in [-0.3, -0.25) is 0 Å². The van der Waals surface area contributed by atoms with Crippen molar-refractivity contribution in [2.45, 2.75) is 33.2 Å². The maximum absolute atomic E-state index is 13.1. The molecule has 0 radical (unpaired) electrons.